The van der Waals surface area contributed by atoms with Crippen LogP contribution in [-0.2, 0) is 28.5 Å². The summed E-state index contributed by atoms with van der Waals surface area (Å²) in [5.74, 6) is -1.35. The molecule has 0 amide bonds. The second-order valence-electron chi connectivity index (χ2n) is 19.0. The highest BCUT2D eigenvalue weighted by molar-refractivity contribution is 5.77. The number of fused-ring (bicyclic) bond motifs is 3. The van der Waals surface area contributed by atoms with E-state index in [1.54, 1.807) is 0 Å². The first-order valence-electron chi connectivity index (χ1n) is 20.6. The molecule has 1 spiro atoms. The van der Waals surface area contributed by atoms with Gasteiger partial charge < -0.3 is 79.9 Å². The standard InChI is InChI=1S/C40H64O17/c1-18-11-40-10-5-23-37(2,7-4-8-38(23,3)36(52)57-35-32(51)29(48)26(45)22(15-43)55-35)24(40)6-9-39(18,17-40)12-20-33(30(49)27(46)21(14-42)54-20)56-34-31(50)28(47)25(44)19(13-41)16-53-34/h19-35,41-51H,1,4-17H2,2-3H3/t19?,20?,21-,22?,23+,24+,25-,26-,27?,28?,29?,30?,31?,32?,33+,34+,35+,37-,38-,39+,40-/m1/s1. The average Bonchev–Trinajstić information content (AvgIpc) is 3.32. The van der Waals surface area contributed by atoms with E-state index in [0.29, 0.717) is 25.7 Å². The van der Waals surface area contributed by atoms with Crippen molar-refractivity contribution in [3.63, 3.8) is 0 Å². The summed E-state index contributed by atoms with van der Waals surface area (Å²) in [4.78, 5) is 14.2. The number of rotatable bonds is 9. The Labute approximate surface area is 332 Å². The lowest BCUT2D eigenvalue weighted by atomic mass is 9.40. The quantitative estimate of drug-likeness (QED) is 0.0884. The Morgan fingerprint density at radius 3 is 2.04 bits per heavy atom. The van der Waals surface area contributed by atoms with Gasteiger partial charge in [-0.1, -0.05) is 25.5 Å². The summed E-state index contributed by atoms with van der Waals surface area (Å²) >= 11 is 0. The largest absolute Gasteiger partial charge is 0.432 e. The van der Waals surface area contributed by atoms with Gasteiger partial charge >= 0.3 is 5.97 Å². The van der Waals surface area contributed by atoms with Crippen LogP contribution in [0.1, 0.15) is 78.1 Å². The minimum atomic E-state index is -1.76. The number of allylic oxidation sites excluding steroid dienone is 1. The summed E-state index contributed by atoms with van der Waals surface area (Å²) in [6, 6.07) is 0. The van der Waals surface area contributed by atoms with Crippen molar-refractivity contribution in [3.8, 4) is 0 Å². The van der Waals surface area contributed by atoms with E-state index < -0.39 is 128 Å². The van der Waals surface area contributed by atoms with Crippen molar-refractivity contribution in [1.82, 2.24) is 0 Å². The van der Waals surface area contributed by atoms with Gasteiger partial charge in [0.1, 0.15) is 61.0 Å². The average molecular weight is 817 g/mol. The predicted octanol–water partition coefficient (Wildman–Crippen LogP) is -2.03. The van der Waals surface area contributed by atoms with Gasteiger partial charge in [-0.15, -0.1) is 0 Å². The number of aliphatic hydroxyl groups excluding tert-OH is 11. The van der Waals surface area contributed by atoms with Crippen molar-refractivity contribution in [2.75, 3.05) is 26.4 Å². The Morgan fingerprint density at radius 2 is 1.35 bits per heavy atom. The summed E-state index contributed by atoms with van der Waals surface area (Å²) in [5.41, 5.74) is -0.851. The molecule has 9 unspecified atom stereocenters. The van der Waals surface area contributed by atoms with Crippen molar-refractivity contribution in [2.45, 2.75) is 164 Å². The van der Waals surface area contributed by atoms with Crippen molar-refractivity contribution in [1.29, 1.82) is 0 Å². The van der Waals surface area contributed by atoms with Gasteiger partial charge in [0.25, 0.3) is 0 Å². The minimum Gasteiger partial charge on any atom is -0.432 e. The molecule has 0 aromatic heterocycles. The Balaban J connectivity index is 1.10. The third kappa shape index (κ3) is 7.13. The number of ether oxygens (including phenoxy) is 5. The van der Waals surface area contributed by atoms with Gasteiger partial charge in [0.2, 0.25) is 6.29 Å². The lowest BCUT2D eigenvalue weighted by Crippen LogP contribution is -2.62. The van der Waals surface area contributed by atoms with Gasteiger partial charge in [0, 0.05) is 5.92 Å². The molecule has 21 atom stereocenters. The first-order valence-corrected chi connectivity index (χ1v) is 20.6. The van der Waals surface area contributed by atoms with E-state index in [-0.39, 0.29) is 29.3 Å². The van der Waals surface area contributed by atoms with Crippen LogP contribution in [0.2, 0.25) is 0 Å². The fourth-order valence-corrected chi connectivity index (χ4v) is 12.8. The highest BCUT2D eigenvalue weighted by Crippen LogP contribution is 2.75. The van der Waals surface area contributed by atoms with Crippen molar-refractivity contribution in [3.05, 3.63) is 12.2 Å². The molecule has 0 aromatic rings. The van der Waals surface area contributed by atoms with Crippen LogP contribution in [0.5, 0.6) is 0 Å². The maximum Gasteiger partial charge on any atom is 0.314 e. The summed E-state index contributed by atoms with van der Waals surface area (Å²) < 4.78 is 29.4. The fraction of sp³-hybridized carbons (Fsp3) is 0.925. The molecule has 11 N–H and O–H groups in total. The fourth-order valence-electron chi connectivity index (χ4n) is 12.8. The first-order chi connectivity index (χ1) is 26.9. The minimum absolute atomic E-state index is 0.0835. The van der Waals surface area contributed by atoms with Gasteiger partial charge in [0.15, 0.2) is 6.29 Å². The molecule has 0 aromatic carbocycles. The molecule has 3 aliphatic heterocycles. The van der Waals surface area contributed by atoms with Gasteiger partial charge in [0.05, 0.1) is 44.1 Å². The molecule has 0 radical (unpaired) electrons. The lowest BCUT2D eigenvalue weighted by Gasteiger charge is -2.64. The molecule has 7 rings (SSSR count). The Kier molecular flexibility index (Phi) is 12.4. The Hall–Kier alpha value is -1.39. The number of aliphatic hydroxyl groups is 11. The summed E-state index contributed by atoms with van der Waals surface area (Å²) in [5, 5.41) is 115. The van der Waals surface area contributed by atoms with Crippen LogP contribution in [0.3, 0.4) is 0 Å². The number of hydrogen-bond donors (Lipinski definition) is 11. The summed E-state index contributed by atoms with van der Waals surface area (Å²) in [7, 11) is 0. The summed E-state index contributed by atoms with van der Waals surface area (Å²) in [6.07, 6.45) is -13.8. The van der Waals surface area contributed by atoms with Crippen LogP contribution in [0.4, 0.5) is 0 Å². The topological polar surface area (TPSA) is 286 Å². The van der Waals surface area contributed by atoms with Gasteiger partial charge in [-0.25, -0.2) is 0 Å². The first kappa shape index (κ1) is 43.7. The van der Waals surface area contributed by atoms with E-state index in [0.717, 1.165) is 44.1 Å². The van der Waals surface area contributed by atoms with Gasteiger partial charge in [-0.3, -0.25) is 4.79 Å². The Morgan fingerprint density at radius 1 is 0.719 bits per heavy atom. The molecule has 17 heteroatoms. The molecule has 3 heterocycles. The van der Waals surface area contributed by atoms with E-state index in [2.05, 4.69) is 13.5 Å². The molecular weight excluding hydrogens is 752 g/mol. The van der Waals surface area contributed by atoms with Crippen LogP contribution in [0.15, 0.2) is 12.2 Å². The zero-order chi connectivity index (χ0) is 41.4. The molecule has 7 aliphatic rings. The normalized spacial score (nSPS) is 54.1. The maximum atomic E-state index is 14.2. The maximum absolute atomic E-state index is 14.2. The third-order valence-corrected chi connectivity index (χ3v) is 15.9. The van der Waals surface area contributed by atoms with E-state index in [1.165, 1.54) is 0 Å². The van der Waals surface area contributed by atoms with Crippen LogP contribution in [0.25, 0.3) is 0 Å². The highest BCUT2D eigenvalue weighted by Gasteiger charge is 2.69. The molecule has 17 nitrogen and oxygen atoms in total. The number of carbonyl (C=O) groups excluding carboxylic acids is 1. The third-order valence-electron chi connectivity index (χ3n) is 15.9. The summed E-state index contributed by atoms with van der Waals surface area (Å²) in [6.45, 7) is 6.76. The van der Waals surface area contributed by atoms with Crippen molar-refractivity contribution in [2.24, 2.45) is 39.4 Å². The second kappa shape index (κ2) is 16.1. The molecule has 7 fully saturated rings. The molecular formula is C40H64O17. The van der Waals surface area contributed by atoms with E-state index in [4.69, 9.17) is 23.7 Å². The van der Waals surface area contributed by atoms with Gasteiger partial charge in [-0.2, -0.15) is 0 Å². The van der Waals surface area contributed by atoms with Crippen LogP contribution in [-0.4, -0.2) is 174 Å². The molecule has 4 aliphatic carbocycles. The highest BCUT2D eigenvalue weighted by atomic mass is 16.7. The smallest absolute Gasteiger partial charge is 0.314 e. The molecule has 3 saturated heterocycles. The SMILES string of the molecule is C=C1C[C@@]23CC[C@H]4[C@@](C)(CCC[C@@]4(C)C(=O)O[C@@H]4OC(CO)[C@@H](O)C(O)C4O)[C@@H]2CC[C@]1(CC1O[C@H](CO)C(O)C(O)[C@H]1O[C@@H]1OCC(CO)[C@@H](O)C(O)C1O)C3. The number of hydrogen-bond acceptors (Lipinski definition) is 17. The number of esters is 1. The molecule has 326 valence electrons. The second-order valence-corrected chi connectivity index (χ2v) is 19.0. The molecule has 57 heavy (non-hydrogen) atoms. The van der Waals surface area contributed by atoms with Gasteiger partial charge in [-0.05, 0) is 92.8 Å². The van der Waals surface area contributed by atoms with Crippen LogP contribution in [0, 0.1) is 39.4 Å². The monoisotopic (exact) mass is 816 g/mol. The van der Waals surface area contributed by atoms with Crippen molar-refractivity contribution >= 4 is 5.97 Å². The predicted molar refractivity (Wildman–Crippen MR) is 194 cm³/mol. The Bertz CT molecular complexity index is 1470. The molecule has 4 saturated carbocycles. The van der Waals surface area contributed by atoms with Crippen LogP contribution >= 0.6 is 0 Å². The van der Waals surface area contributed by atoms with E-state index >= 15 is 0 Å². The zero-order valence-electron chi connectivity index (χ0n) is 32.8. The van der Waals surface area contributed by atoms with E-state index in [9.17, 15) is 61.0 Å². The van der Waals surface area contributed by atoms with Crippen molar-refractivity contribution < 1.29 is 84.7 Å². The lowest BCUT2D eigenvalue weighted by molar-refractivity contribution is -0.303. The van der Waals surface area contributed by atoms with E-state index in [1.807, 2.05) is 6.92 Å². The number of carbonyl (C=O) groups is 1. The van der Waals surface area contributed by atoms with Crippen LogP contribution < -0.4 is 0 Å². The zero-order valence-corrected chi connectivity index (χ0v) is 32.8. The molecule has 2 bridgehead atoms.